The molecule has 0 unspecified atom stereocenters. The van der Waals surface area contributed by atoms with E-state index in [-0.39, 0.29) is 11.4 Å². The summed E-state index contributed by atoms with van der Waals surface area (Å²) in [5.74, 6) is 2.69. The van der Waals surface area contributed by atoms with Crippen molar-refractivity contribution in [1.29, 1.82) is 0 Å². The number of nitrogens with zero attached hydrogens (tertiary/aromatic N) is 2. The lowest BCUT2D eigenvalue weighted by molar-refractivity contribution is -0.137. The van der Waals surface area contributed by atoms with E-state index in [4.69, 9.17) is 11.7 Å². The quantitative estimate of drug-likeness (QED) is 0.302. The Morgan fingerprint density at radius 3 is 2.75 bits per heavy atom. The molecule has 0 saturated heterocycles. The molecule has 1 N–H and O–H groups in total. The Kier molecular flexibility index (Phi) is 4.22. The SMILES string of the molecule is C#Cc1cccc(/N=C/c2cc(N=O)ccc2OO)c1. The topological polar surface area (TPSA) is 71.2 Å². The summed E-state index contributed by atoms with van der Waals surface area (Å²) >= 11 is 0. The van der Waals surface area contributed by atoms with Gasteiger partial charge in [0.15, 0.2) is 5.75 Å². The van der Waals surface area contributed by atoms with E-state index in [2.05, 4.69) is 21.0 Å². The number of hydrogen-bond acceptors (Lipinski definition) is 5. The molecule has 5 nitrogen and oxygen atoms in total. The fourth-order valence-corrected chi connectivity index (χ4v) is 1.60. The molecule has 0 atom stereocenters. The van der Waals surface area contributed by atoms with Gasteiger partial charge in [-0.05, 0) is 41.6 Å². The molecule has 2 rings (SSSR count). The molecular weight excluding hydrogens is 256 g/mol. The molecule has 0 radical (unpaired) electrons. The molecule has 0 saturated carbocycles. The molecule has 98 valence electrons. The van der Waals surface area contributed by atoms with Crippen LogP contribution in [-0.4, -0.2) is 11.5 Å². The predicted molar refractivity (Wildman–Crippen MR) is 76.8 cm³/mol. The summed E-state index contributed by atoms with van der Waals surface area (Å²) in [5, 5.41) is 11.6. The third kappa shape index (κ3) is 3.07. The molecule has 2 aromatic rings. The maximum atomic E-state index is 10.5. The van der Waals surface area contributed by atoms with Crippen LogP contribution in [0.25, 0.3) is 0 Å². The highest BCUT2D eigenvalue weighted by Gasteiger charge is 2.04. The van der Waals surface area contributed by atoms with Crippen LogP contribution in [0.15, 0.2) is 52.6 Å². The van der Waals surface area contributed by atoms with Crippen LogP contribution < -0.4 is 4.89 Å². The molecule has 0 heterocycles. The zero-order valence-electron chi connectivity index (χ0n) is 10.4. The Labute approximate surface area is 115 Å². The van der Waals surface area contributed by atoms with E-state index in [9.17, 15) is 4.91 Å². The number of hydrogen-bond donors (Lipinski definition) is 1. The van der Waals surface area contributed by atoms with E-state index in [0.717, 1.165) is 0 Å². The lowest BCUT2D eigenvalue weighted by Crippen LogP contribution is -1.90. The van der Waals surface area contributed by atoms with Crippen molar-refractivity contribution in [1.82, 2.24) is 0 Å². The van der Waals surface area contributed by atoms with Crippen LogP contribution in [0, 0.1) is 17.3 Å². The third-order valence-corrected chi connectivity index (χ3v) is 2.56. The van der Waals surface area contributed by atoms with Gasteiger partial charge in [-0.25, -0.2) is 5.26 Å². The van der Waals surface area contributed by atoms with Crippen molar-refractivity contribution in [2.24, 2.45) is 10.2 Å². The van der Waals surface area contributed by atoms with E-state index in [0.29, 0.717) is 16.8 Å². The summed E-state index contributed by atoms with van der Waals surface area (Å²) in [5.41, 5.74) is 2.00. The minimum absolute atomic E-state index is 0.175. The summed E-state index contributed by atoms with van der Waals surface area (Å²) < 4.78 is 0. The molecule has 20 heavy (non-hydrogen) atoms. The number of aliphatic imine (C=N–C) groups is 1. The van der Waals surface area contributed by atoms with Crippen LogP contribution in [0.3, 0.4) is 0 Å². The Balaban J connectivity index is 2.35. The average molecular weight is 266 g/mol. The third-order valence-electron chi connectivity index (χ3n) is 2.56. The maximum Gasteiger partial charge on any atom is 0.174 e. The van der Waals surface area contributed by atoms with Crippen molar-refractivity contribution in [2.45, 2.75) is 0 Å². The van der Waals surface area contributed by atoms with Gasteiger partial charge < -0.3 is 4.89 Å². The van der Waals surface area contributed by atoms with Gasteiger partial charge in [0.05, 0.1) is 5.69 Å². The first-order chi connectivity index (χ1) is 9.76. The number of rotatable bonds is 4. The molecule has 0 aliphatic rings. The van der Waals surface area contributed by atoms with E-state index in [1.807, 2.05) is 0 Å². The Hall–Kier alpha value is -2.97. The van der Waals surface area contributed by atoms with Crippen molar-refractivity contribution >= 4 is 17.6 Å². The van der Waals surface area contributed by atoms with Gasteiger partial charge in [0, 0.05) is 17.3 Å². The second kappa shape index (κ2) is 6.27. The first kappa shape index (κ1) is 13.5. The standard InChI is InChI=1S/C15H10N2O3/c1-2-11-4-3-5-13(8-11)16-10-12-9-14(17-18)6-7-15(12)20-19/h1,3-10,19H/b16-10+. The van der Waals surface area contributed by atoms with Crippen LogP contribution in [0.4, 0.5) is 11.4 Å². The maximum absolute atomic E-state index is 10.5. The first-order valence-electron chi connectivity index (χ1n) is 5.66. The minimum Gasteiger partial charge on any atom is -0.340 e. The smallest absolute Gasteiger partial charge is 0.174 e. The number of terminal acetylenes is 1. The van der Waals surface area contributed by atoms with Gasteiger partial charge in [0.1, 0.15) is 5.69 Å². The molecule has 0 spiro atoms. The highest BCUT2D eigenvalue weighted by molar-refractivity contribution is 5.86. The summed E-state index contributed by atoms with van der Waals surface area (Å²) in [7, 11) is 0. The zero-order valence-corrected chi connectivity index (χ0v) is 10.4. The second-order valence-electron chi connectivity index (χ2n) is 3.86. The molecule has 5 heteroatoms. The zero-order chi connectivity index (χ0) is 14.4. The van der Waals surface area contributed by atoms with Crippen molar-refractivity contribution in [3.05, 3.63) is 58.5 Å². The Bertz CT molecular complexity index is 703. The molecule has 0 aliphatic heterocycles. The van der Waals surface area contributed by atoms with Crippen molar-refractivity contribution in [2.75, 3.05) is 0 Å². The molecule has 0 bridgehead atoms. The monoisotopic (exact) mass is 266 g/mol. The van der Waals surface area contributed by atoms with E-state index >= 15 is 0 Å². The summed E-state index contributed by atoms with van der Waals surface area (Å²) in [6.45, 7) is 0. The van der Waals surface area contributed by atoms with Gasteiger partial charge in [0.25, 0.3) is 0 Å². The lowest BCUT2D eigenvalue weighted by Gasteiger charge is -2.02. The van der Waals surface area contributed by atoms with Gasteiger partial charge in [-0.2, -0.15) is 0 Å². The highest BCUT2D eigenvalue weighted by Crippen LogP contribution is 2.23. The first-order valence-corrected chi connectivity index (χ1v) is 5.66. The second-order valence-corrected chi connectivity index (χ2v) is 3.86. The molecule has 0 fully saturated rings. The van der Waals surface area contributed by atoms with Gasteiger partial charge in [-0.3, -0.25) is 4.99 Å². The van der Waals surface area contributed by atoms with E-state index in [1.165, 1.54) is 24.4 Å². The highest BCUT2D eigenvalue weighted by atomic mass is 17.1. The summed E-state index contributed by atoms with van der Waals surface area (Å²) in [6.07, 6.45) is 6.76. The Morgan fingerprint density at radius 1 is 1.20 bits per heavy atom. The predicted octanol–water partition coefficient (Wildman–Crippen LogP) is 3.67. The van der Waals surface area contributed by atoms with E-state index < -0.39 is 0 Å². The van der Waals surface area contributed by atoms with Gasteiger partial charge in [-0.15, -0.1) is 11.3 Å². The molecule has 0 aromatic heterocycles. The largest absolute Gasteiger partial charge is 0.340 e. The van der Waals surface area contributed by atoms with Gasteiger partial charge in [-0.1, -0.05) is 12.0 Å². The van der Waals surface area contributed by atoms with Gasteiger partial charge >= 0.3 is 0 Å². The van der Waals surface area contributed by atoms with Crippen LogP contribution in [0.1, 0.15) is 11.1 Å². The van der Waals surface area contributed by atoms with Crippen molar-refractivity contribution in [3.8, 4) is 18.1 Å². The normalized spacial score (nSPS) is 10.2. The fraction of sp³-hybridized carbons (Fsp3) is 0. The minimum atomic E-state index is 0.175. The Morgan fingerprint density at radius 2 is 2.05 bits per heavy atom. The molecule has 0 amide bonds. The van der Waals surface area contributed by atoms with Crippen molar-refractivity contribution < 1.29 is 10.1 Å². The van der Waals surface area contributed by atoms with E-state index in [1.54, 1.807) is 24.3 Å². The summed E-state index contributed by atoms with van der Waals surface area (Å²) in [6, 6.07) is 11.4. The average Bonchev–Trinajstić information content (AvgIpc) is 2.52. The van der Waals surface area contributed by atoms with Crippen LogP contribution >= 0.6 is 0 Å². The molecule has 0 aliphatic carbocycles. The van der Waals surface area contributed by atoms with Crippen LogP contribution in [0.5, 0.6) is 5.75 Å². The van der Waals surface area contributed by atoms with Gasteiger partial charge in [0.2, 0.25) is 0 Å². The fourth-order valence-electron chi connectivity index (χ4n) is 1.60. The molecular formula is C15H10N2O3. The van der Waals surface area contributed by atoms with Crippen LogP contribution in [0.2, 0.25) is 0 Å². The number of nitroso groups, excluding NO2 is 1. The van der Waals surface area contributed by atoms with Crippen molar-refractivity contribution in [3.63, 3.8) is 0 Å². The number of benzene rings is 2. The summed E-state index contributed by atoms with van der Waals surface area (Å²) in [4.78, 5) is 18.9. The lowest BCUT2D eigenvalue weighted by atomic mass is 10.2. The van der Waals surface area contributed by atoms with Crippen LogP contribution in [-0.2, 0) is 0 Å². The molecule has 2 aromatic carbocycles.